The van der Waals surface area contributed by atoms with Crippen molar-refractivity contribution in [1.29, 1.82) is 0 Å². The van der Waals surface area contributed by atoms with Crippen LogP contribution in [0.15, 0.2) is 42.5 Å². The maximum absolute atomic E-state index is 13.0. The van der Waals surface area contributed by atoms with E-state index in [1.54, 1.807) is 32.2 Å². The number of alkyl halides is 3. The number of nitrogens with zero attached hydrogens (tertiary/aromatic N) is 1. The number of nitrogens with one attached hydrogen (secondary N) is 1. The average Bonchev–Trinajstić information content (AvgIpc) is 2.65. The first-order chi connectivity index (χ1) is 13.2. The molecule has 152 valence electrons. The fourth-order valence-electron chi connectivity index (χ4n) is 2.71. The molecule has 0 aromatic heterocycles. The number of rotatable bonds is 8. The predicted octanol–water partition coefficient (Wildman–Crippen LogP) is 3.84. The molecular formula is C20H23F3N2O3. The van der Waals surface area contributed by atoms with E-state index in [9.17, 15) is 18.0 Å². The molecule has 0 radical (unpaired) electrons. The highest BCUT2D eigenvalue weighted by molar-refractivity contribution is 5.93. The van der Waals surface area contributed by atoms with Crippen molar-refractivity contribution in [2.75, 3.05) is 39.7 Å². The number of benzene rings is 2. The Kier molecular flexibility index (Phi) is 7.28. The van der Waals surface area contributed by atoms with Crippen molar-refractivity contribution in [3.8, 4) is 11.5 Å². The van der Waals surface area contributed by atoms with E-state index in [2.05, 4.69) is 5.32 Å². The first-order valence-corrected chi connectivity index (χ1v) is 8.60. The molecule has 1 N–H and O–H groups in total. The zero-order valence-corrected chi connectivity index (χ0v) is 16.0. The first kappa shape index (κ1) is 21.6. The third kappa shape index (κ3) is 5.88. The lowest BCUT2D eigenvalue weighted by atomic mass is 10.1. The average molecular weight is 396 g/mol. The summed E-state index contributed by atoms with van der Waals surface area (Å²) in [5.41, 5.74) is -0.114. The minimum Gasteiger partial charge on any atom is -0.493 e. The molecule has 0 heterocycles. The number of likely N-dealkylation sites (N-methyl/N-ethyl adjacent to an activating group) is 1. The summed E-state index contributed by atoms with van der Waals surface area (Å²) in [6.45, 7) is 0.517. The van der Waals surface area contributed by atoms with E-state index in [1.165, 1.54) is 18.2 Å². The molecule has 1 amide bonds. The van der Waals surface area contributed by atoms with Crippen molar-refractivity contribution in [2.45, 2.75) is 12.6 Å². The molecule has 5 nitrogen and oxygen atoms in total. The highest BCUT2D eigenvalue weighted by Gasteiger charge is 2.33. The Morgan fingerprint density at radius 3 is 2.39 bits per heavy atom. The van der Waals surface area contributed by atoms with Crippen LogP contribution in [0, 0.1) is 0 Å². The van der Waals surface area contributed by atoms with Crippen molar-refractivity contribution in [3.05, 3.63) is 53.6 Å². The lowest BCUT2D eigenvalue weighted by Gasteiger charge is -2.18. The molecule has 0 spiro atoms. The number of hydrogen-bond donors (Lipinski definition) is 1. The van der Waals surface area contributed by atoms with Crippen LogP contribution in [-0.4, -0.2) is 45.2 Å². The van der Waals surface area contributed by atoms with Crippen LogP contribution >= 0.6 is 0 Å². The van der Waals surface area contributed by atoms with Crippen LogP contribution in [0.5, 0.6) is 11.5 Å². The number of hydrogen-bond acceptors (Lipinski definition) is 4. The van der Waals surface area contributed by atoms with Crippen molar-refractivity contribution < 1.29 is 27.4 Å². The molecule has 0 aliphatic carbocycles. The summed E-state index contributed by atoms with van der Waals surface area (Å²) in [6.07, 6.45) is -3.88. The second kappa shape index (κ2) is 9.45. The van der Waals surface area contributed by atoms with Gasteiger partial charge < -0.3 is 14.8 Å². The van der Waals surface area contributed by atoms with Gasteiger partial charge in [0.25, 0.3) is 0 Å². The monoisotopic (exact) mass is 396 g/mol. The van der Waals surface area contributed by atoms with Gasteiger partial charge in [0.1, 0.15) is 0 Å². The third-order valence-electron chi connectivity index (χ3n) is 4.15. The smallest absolute Gasteiger partial charge is 0.418 e. The SMILES string of the molecule is COc1ccc(CCN(C)CC(=O)Nc2ccccc2C(F)(F)F)cc1OC. The van der Waals surface area contributed by atoms with Crippen LogP contribution in [0.2, 0.25) is 0 Å². The molecule has 0 saturated heterocycles. The number of carbonyl (C=O) groups excluding carboxylic acids is 1. The molecule has 0 unspecified atom stereocenters. The van der Waals surface area contributed by atoms with E-state index < -0.39 is 17.6 Å². The van der Waals surface area contributed by atoms with E-state index >= 15 is 0 Å². The van der Waals surface area contributed by atoms with Gasteiger partial charge in [0, 0.05) is 6.54 Å². The summed E-state index contributed by atoms with van der Waals surface area (Å²) in [7, 11) is 4.84. The number of carbonyl (C=O) groups is 1. The van der Waals surface area contributed by atoms with Gasteiger partial charge in [-0.05, 0) is 43.3 Å². The fourth-order valence-corrected chi connectivity index (χ4v) is 2.71. The van der Waals surface area contributed by atoms with Crippen molar-refractivity contribution in [3.63, 3.8) is 0 Å². The lowest BCUT2D eigenvalue weighted by Crippen LogP contribution is -2.32. The second-order valence-electron chi connectivity index (χ2n) is 6.27. The molecule has 0 aliphatic rings. The molecular weight excluding hydrogens is 373 g/mol. The van der Waals surface area contributed by atoms with Crippen LogP contribution in [0.1, 0.15) is 11.1 Å². The van der Waals surface area contributed by atoms with E-state index in [1.807, 2.05) is 12.1 Å². The van der Waals surface area contributed by atoms with Gasteiger partial charge in [-0.15, -0.1) is 0 Å². The van der Waals surface area contributed by atoms with Crippen LogP contribution in [0.25, 0.3) is 0 Å². The molecule has 8 heteroatoms. The fraction of sp³-hybridized carbons (Fsp3) is 0.350. The Morgan fingerprint density at radius 1 is 1.07 bits per heavy atom. The second-order valence-corrected chi connectivity index (χ2v) is 6.27. The summed E-state index contributed by atoms with van der Waals surface area (Å²) >= 11 is 0. The van der Waals surface area contributed by atoms with Gasteiger partial charge in [-0.25, -0.2) is 0 Å². The number of anilines is 1. The van der Waals surface area contributed by atoms with Crippen LogP contribution < -0.4 is 14.8 Å². The van der Waals surface area contributed by atoms with Crippen LogP contribution in [0.4, 0.5) is 18.9 Å². The Morgan fingerprint density at radius 2 is 1.75 bits per heavy atom. The molecule has 28 heavy (non-hydrogen) atoms. The summed E-state index contributed by atoms with van der Waals surface area (Å²) in [5, 5.41) is 2.34. The van der Waals surface area contributed by atoms with Crippen molar-refractivity contribution in [2.24, 2.45) is 0 Å². The van der Waals surface area contributed by atoms with E-state index in [0.717, 1.165) is 11.6 Å². The van der Waals surface area contributed by atoms with Gasteiger partial charge in [-0.1, -0.05) is 18.2 Å². The Balaban J connectivity index is 1.92. The lowest BCUT2D eigenvalue weighted by molar-refractivity contribution is -0.137. The molecule has 0 bridgehead atoms. The number of para-hydroxylation sites is 1. The molecule has 2 aromatic carbocycles. The molecule has 2 rings (SSSR count). The van der Waals surface area contributed by atoms with Gasteiger partial charge in [0.15, 0.2) is 11.5 Å². The zero-order chi connectivity index (χ0) is 20.7. The largest absolute Gasteiger partial charge is 0.493 e. The van der Waals surface area contributed by atoms with E-state index in [4.69, 9.17) is 9.47 Å². The topological polar surface area (TPSA) is 50.8 Å². The number of halogens is 3. The molecule has 0 aliphatic heterocycles. The summed E-state index contributed by atoms with van der Waals surface area (Å²) in [4.78, 5) is 13.9. The predicted molar refractivity (Wildman–Crippen MR) is 101 cm³/mol. The van der Waals surface area contributed by atoms with Gasteiger partial charge in [-0.2, -0.15) is 13.2 Å². The quantitative estimate of drug-likeness (QED) is 0.737. The number of ether oxygens (including phenoxy) is 2. The Hall–Kier alpha value is -2.74. The Labute approximate surface area is 162 Å². The van der Waals surface area contributed by atoms with Gasteiger partial charge >= 0.3 is 6.18 Å². The van der Waals surface area contributed by atoms with Crippen molar-refractivity contribution in [1.82, 2.24) is 4.90 Å². The summed E-state index contributed by atoms with van der Waals surface area (Å²) in [6, 6.07) is 10.5. The summed E-state index contributed by atoms with van der Waals surface area (Å²) < 4.78 is 49.5. The minimum atomic E-state index is -4.52. The van der Waals surface area contributed by atoms with E-state index in [-0.39, 0.29) is 12.2 Å². The van der Waals surface area contributed by atoms with Crippen LogP contribution in [-0.2, 0) is 17.4 Å². The highest BCUT2D eigenvalue weighted by Crippen LogP contribution is 2.34. The Bertz CT molecular complexity index is 810. The molecule has 0 fully saturated rings. The normalized spacial score (nSPS) is 11.4. The van der Waals surface area contributed by atoms with E-state index in [0.29, 0.717) is 24.5 Å². The third-order valence-corrected chi connectivity index (χ3v) is 4.15. The zero-order valence-electron chi connectivity index (χ0n) is 16.0. The van der Waals surface area contributed by atoms with Crippen LogP contribution in [0.3, 0.4) is 0 Å². The van der Waals surface area contributed by atoms with Gasteiger partial charge in [0.05, 0.1) is 32.0 Å². The molecule has 0 atom stereocenters. The van der Waals surface area contributed by atoms with Crippen molar-refractivity contribution >= 4 is 11.6 Å². The molecule has 2 aromatic rings. The highest BCUT2D eigenvalue weighted by atomic mass is 19.4. The maximum Gasteiger partial charge on any atom is 0.418 e. The maximum atomic E-state index is 13.0. The summed E-state index contributed by atoms with van der Waals surface area (Å²) in [5.74, 6) is 0.734. The minimum absolute atomic E-state index is 0.0283. The first-order valence-electron chi connectivity index (χ1n) is 8.60. The standard InChI is InChI=1S/C20H23F3N2O3/c1-25(11-10-14-8-9-17(27-2)18(12-14)28-3)13-19(26)24-16-7-5-4-6-15(16)20(21,22)23/h4-9,12H,10-11,13H2,1-3H3,(H,24,26). The number of methoxy groups -OCH3 is 2. The molecule has 0 saturated carbocycles. The van der Waals surface area contributed by atoms with Gasteiger partial charge in [0.2, 0.25) is 5.91 Å². The number of amides is 1. The van der Waals surface area contributed by atoms with Gasteiger partial charge in [-0.3, -0.25) is 9.69 Å².